The van der Waals surface area contributed by atoms with Gasteiger partial charge in [-0.25, -0.2) is 4.98 Å². The van der Waals surface area contributed by atoms with E-state index in [0.29, 0.717) is 12.8 Å². The average molecular weight is 592 g/mol. The zero-order valence-electron chi connectivity index (χ0n) is 24.7. The fraction of sp³-hybridized carbons (Fsp3) is 0.606. The molecule has 1 aromatic carbocycles. The number of rotatable bonds is 4. The minimum atomic E-state index is -1.42. The number of aliphatic hydroxyl groups is 2. The number of hydrogen-bond donors (Lipinski definition) is 2. The molecule has 3 aromatic rings. The first-order chi connectivity index (χ1) is 19.3. The van der Waals surface area contributed by atoms with Gasteiger partial charge in [-0.3, -0.25) is 9.48 Å². The number of aliphatic hydroxyl groups excluding tert-OH is 1. The molecule has 0 amide bonds. The molecule has 4 aliphatic carbocycles. The van der Waals surface area contributed by atoms with Crippen molar-refractivity contribution in [2.24, 2.45) is 28.6 Å². The van der Waals surface area contributed by atoms with E-state index >= 15 is 0 Å². The van der Waals surface area contributed by atoms with E-state index in [2.05, 4.69) is 50.4 Å². The van der Waals surface area contributed by atoms with Gasteiger partial charge in [0, 0.05) is 5.41 Å². The van der Waals surface area contributed by atoms with Crippen LogP contribution in [0.4, 0.5) is 0 Å². The second-order valence-corrected chi connectivity index (χ2v) is 16.7. The van der Waals surface area contributed by atoms with Crippen molar-refractivity contribution < 1.29 is 15.0 Å². The molecule has 3 fully saturated rings. The average Bonchev–Trinajstić information content (AvgIpc) is 3.59. The summed E-state index contributed by atoms with van der Waals surface area (Å²) in [7, 11) is 0. The predicted molar refractivity (Wildman–Crippen MR) is 165 cm³/mol. The first kappa shape index (κ1) is 27.8. The summed E-state index contributed by atoms with van der Waals surface area (Å²) in [5, 5.41) is 28.8. The van der Waals surface area contributed by atoms with Crippen LogP contribution in [0.3, 0.4) is 0 Å². The van der Waals surface area contributed by atoms with E-state index in [0.717, 1.165) is 40.2 Å². The molecular weight excluding hydrogens is 551 g/mol. The van der Waals surface area contributed by atoms with Gasteiger partial charge in [-0.2, -0.15) is 5.10 Å². The van der Waals surface area contributed by atoms with E-state index in [1.165, 1.54) is 28.6 Å². The summed E-state index contributed by atoms with van der Waals surface area (Å²) in [6.07, 6.45) is 8.46. The van der Waals surface area contributed by atoms with Crippen LogP contribution in [0.15, 0.2) is 40.4 Å². The predicted octanol–water partition coefficient (Wildman–Crippen LogP) is 6.49. The minimum absolute atomic E-state index is 0.0894. The van der Waals surface area contributed by atoms with E-state index in [4.69, 9.17) is 5.10 Å². The molecule has 2 aromatic heterocycles. The van der Waals surface area contributed by atoms with Crippen LogP contribution < -0.4 is 0 Å². The quantitative estimate of drug-likeness (QED) is 0.337. The van der Waals surface area contributed by atoms with Gasteiger partial charge in [0.05, 0.1) is 39.5 Å². The third-order valence-corrected chi connectivity index (χ3v) is 13.5. The number of hydrogen-bond acceptors (Lipinski definition) is 7. The van der Waals surface area contributed by atoms with Gasteiger partial charge in [0.2, 0.25) is 0 Å². The van der Waals surface area contributed by atoms with E-state index in [-0.39, 0.29) is 40.2 Å². The van der Waals surface area contributed by atoms with Crippen molar-refractivity contribution in [3.05, 3.63) is 47.3 Å². The van der Waals surface area contributed by atoms with E-state index in [1.54, 1.807) is 11.3 Å². The van der Waals surface area contributed by atoms with Crippen molar-refractivity contribution >= 4 is 45.2 Å². The molecule has 0 spiro atoms. The Morgan fingerprint density at radius 3 is 2.76 bits per heavy atom. The molecule has 0 unspecified atom stereocenters. The highest BCUT2D eigenvalue weighted by atomic mass is 32.2. The summed E-state index contributed by atoms with van der Waals surface area (Å²) in [6, 6.07) is 8.01. The van der Waals surface area contributed by atoms with Gasteiger partial charge < -0.3 is 10.2 Å². The van der Waals surface area contributed by atoms with Crippen LogP contribution in [-0.2, 0) is 16.8 Å². The minimum Gasteiger partial charge on any atom is -0.393 e. The molecule has 3 saturated carbocycles. The van der Waals surface area contributed by atoms with Gasteiger partial charge in [0.25, 0.3) is 0 Å². The lowest BCUT2D eigenvalue weighted by atomic mass is 9.45. The van der Waals surface area contributed by atoms with Gasteiger partial charge in [0.15, 0.2) is 10.1 Å². The number of benzene rings is 1. The maximum absolute atomic E-state index is 13.8. The lowest BCUT2D eigenvalue weighted by Crippen LogP contribution is -2.62. The molecule has 0 saturated heterocycles. The molecule has 0 radical (unpaired) electrons. The van der Waals surface area contributed by atoms with Crippen LogP contribution in [0.5, 0.6) is 0 Å². The topological polar surface area (TPSA) is 88.2 Å². The summed E-state index contributed by atoms with van der Waals surface area (Å²) >= 11 is 3.03. The van der Waals surface area contributed by atoms with Gasteiger partial charge in [0.1, 0.15) is 5.60 Å². The van der Waals surface area contributed by atoms with Gasteiger partial charge in [-0.1, -0.05) is 43.3 Å². The molecule has 0 bridgehead atoms. The Morgan fingerprint density at radius 1 is 1.22 bits per heavy atom. The molecule has 2 heterocycles. The molecule has 8 heteroatoms. The number of nitrogens with zero attached hydrogens (tertiary/aromatic N) is 3. The summed E-state index contributed by atoms with van der Waals surface area (Å²) in [6.45, 7) is 11.0. The molecule has 4 aliphatic rings. The van der Waals surface area contributed by atoms with E-state index in [9.17, 15) is 15.0 Å². The maximum Gasteiger partial charge on any atom is 0.175 e. The van der Waals surface area contributed by atoms with Crippen molar-refractivity contribution in [2.45, 2.75) is 94.7 Å². The first-order valence-corrected chi connectivity index (χ1v) is 16.9. The Labute approximate surface area is 250 Å². The van der Waals surface area contributed by atoms with Crippen LogP contribution in [0.1, 0.15) is 78.0 Å². The number of carbonyl (C=O) groups is 1. The fourth-order valence-electron chi connectivity index (χ4n) is 9.34. The number of fused-ring (bicyclic) bond motifs is 7. The number of para-hydroxylation sites is 1. The number of ketones is 1. The lowest BCUT2D eigenvalue weighted by molar-refractivity contribution is -0.177. The molecular formula is C33H41N3O3S2. The highest BCUT2D eigenvalue weighted by molar-refractivity contribution is 8.01. The van der Waals surface area contributed by atoms with Crippen LogP contribution in [-0.4, -0.2) is 48.2 Å². The van der Waals surface area contributed by atoms with Crippen LogP contribution >= 0.6 is 23.1 Å². The van der Waals surface area contributed by atoms with Crippen molar-refractivity contribution in [3.63, 3.8) is 0 Å². The smallest absolute Gasteiger partial charge is 0.175 e. The number of thiazole rings is 1. The summed E-state index contributed by atoms with van der Waals surface area (Å²) in [5.41, 5.74) is 2.56. The Bertz CT molecular complexity index is 1540. The summed E-state index contributed by atoms with van der Waals surface area (Å²) in [5.74, 6) is 0.699. The Hall–Kier alpha value is -2.00. The molecule has 2 N–H and O–H groups in total. The van der Waals surface area contributed by atoms with Crippen molar-refractivity contribution in [3.8, 4) is 0 Å². The molecule has 6 nitrogen and oxygen atoms in total. The zero-order valence-corrected chi connectivity index (χ0v) is 26.3. The van der Waals surface area contributed by atoms with E-state index < -0.39 is 17.1 Å². The number of thioether (sulfide) groups is 1. The van der Waals surface area contributed by atoms with Crippen molar-refractivity contribution in [1.82, 2.24) is 14.8 Å². The van der Waals surface area contributed by atoms with Crippen molar-refractivity contribution in [2.75, 3.05) is 5.75 Å². The van der Waals surface area contributed by atoms with Crippen LogP contribution in [0.25, 0.3) is 16.3 Å². The number of Topliss-reactive ketones (excluding diaryl/α,β-unsaturated/α-hetero) is 1. The standard InChI is InChI=1S/C33H41N3O3S2/c1-30(2,3)36-24-14-20-10-11-21-22-12-13-33(39,27(38)18-40-29-35-23-8-6-7-9-26(23)41-29)32(22,5)16-25(37)28(21)31(20,4)15-19(24)17-34-36/h6-9,14,17,21-22,25,28,37,39H,10-13,15-16,18H2,1-5H3/t21-,22-,25-,28+,31-,32-,33-/m0/s1. The van der Waals surface area contributed by atoms with Gasteiger partial charge in [-0.05, 0) is 106 Å². The Balaban J connectivity index is 1.14. The number of aromatic nitrogens is 3. The Kier molecular flexibility index (Phi) is 6.27. The first-order valence-electron chi connectivity index (χ1n) is 15.1. The second-order valence-electron chi connectivity index (χ2n) is 14.5. The lowest BCUT2D eigenvalue weighted by Gasteiger charge is -2.60. The third kappa shape index (κ3) is 4.00. The van der Waals surface area contributed by atoms with E-state index in [1.807, 2.05) is 30.5 Å². The van der Waals surface area contributed by atoms with Crippen molar-refractivity contribution in [1.29, 1.82) is 0 Å². The van der Waals surface area contributed by atoms with Gasteiger partial charge in [-0.15, -0.1) is 11.3 Å². The monoisotopic (exact) mass is 591 g/mol. The fourth-order valence-corrected chi connectivity index (χ4v) is 11.4. The normalized spacial score (nSPS) is 36.3. The largest absolute Gasteiger partial charge is 0.393 e. The highest BCUT2D eigenvalue weighted by Crippen LogP contribution is 2.67. The van der Waals surface area contributed by atoms with Crippen LogP contribution in [0.2, 0.25) is 0 Å². The summed E-state index contributed by atoms with van der Waals surface area (Å²) in [4.78, 5) is 18.5. The number of allylic oxidation sites excluding steroid dienone is 1. The second kappa shape index (κ2) is 9.25. The molecule has 7 atom stereocenters. The zero-order chi connectivity index (χ0) is 28.9. The summed E-state index contributed by atoms with van der Waals surface area (Å²) < 4.78 is 4.11. The van der Waals surface area contributed by atoms with Crippen LogP contribution in [0, 0.1) is 28.6 Å². The molecule has 7 rings (SSSR count). The third-order valence-electron chi connectivity index (χ3n) is 11.3. The highest BCUT2D eigenvalue weighted by Gasteiger charge is 2.68. The molecule has 41 heavy (non-hydrogen) atoms. The maximum atomic E-state index is 13.8. The number of carbonyl (C=O) groups excluding carboxylic acids is 1. The molecule has 0 aliphatic heterocycles. The Morgan fingerprint density at radius 2 is 2.00 bits per heavy atom. The van der Waals surface area contributed by atoms with Gasteiger partial charge >= 0.3 is 0 Å². The molecule has 218 valence electrons. The SMILES string of the molecule is CC(C)(C)n1ncc2c1C=C1CC[C@@H]3[C@H]([C@@H](O)C[C@@]4(C)[C@H]3CC[C@]4(O)C(=O)CSc3nc4ccccc4s3)[C@@]1(C)C2.